The third kappa shape index (κ3) is 2.59. The molecule has 4 heteroatoms. The first-order valence-electron chi connectivity index (χ1n) is 6.95. The van der Waals surface area contributed by atoms with Crippen molar-refractivity contribution in [2.45, 2.75) is 19.3 Å². The molecule has 2 aromatic rings. The average molecular weight is 259 g/mol. The van der Waals surface area contributed by atoms with Crippen molar-refractivity contribution in [3.63, 3.8) is 0 Å². The van der Waals surface area contributed by atoms with Crippen molar-refractivity contribution in [2.24, 2.45) is 5.92 Å². The molecule has 0 aromatic carbocycles. The van der Waals surface area contributed by atoms with Crippen molar-refractivity contribution >= 4 is 5.52 Å². The summed E-state index contributed by atoms with van der Waals surface area (Å²) in [7, 11) is 3.90. The van der Waals surface area contributed by atoms with Gasteiger partial charge in [-0.05, 0) is 45.0 Å². The largest absolute Gasteiger partial charge is 0.497 e. The van der Waals surface area contributed by atoms with Gasteiger partial charge in [0.05, 0.1) is 18.8 Å². The van der Waals surface area contributed by atoms with Crippen LogP contribution in [0.2, 0.25) is 0 Å². The van der Waals surface area contributed by atoms with E-state index in [4.69, 9.17) is 4.74 Å². The number of pyridine rings is 1. The minimum absolute atomic E-state index is 0.768. The van der Waals surface area contributed by atoms with E-state index < -0.39 is 0 Å². The summed E-state index contributed by atoms with van der Waals surface area (Å²) in [6, 6.07) is 4.03. The molecule has 0 bridgehead atoms. The Morgan fingerprint density at radius 1 is 1.37 bits per heavy atom. The number of fused-ring (bicyclic) bond motifs is 1. The second-order valence-corrected chi connectivity index (χ2v) is 5.49. The highest BCUT2D eigenvalue weighted by molar-refractivity contribution is 5.50. The van der Waals surface area contributed by atoms with Crippen LogP contribution in [0.3, 0.4) is 0 Å². The van der Waals surface area contributed by atoms with Crippen LogP contribution < -0.4 is 4.74 Å². The number of rotatable bonds is 3. The Morgan fingerprint density at radius 2 is 2.16 bits per heavy atom. The highest BCUT2D eigenvalue weighted by Crippen LogP contribution is 2.22. The van der Waals surface area contributed by atoms with E-state index in [2.05, 4.69) is 27.5 Å². The molecule has 4 nitrogen and oxygen atoms in total. The third-order valence-corrected chi connectivity index (χ3v) is 4.13. The molecule has 1 aliphatic rings. The fourth-order valence-corrected chi connectivity index (χ4v) is 2.84. The minimum atomic E-state index is 0.768. The minimum Gasteiger partial charge on any atom is -0.497 e. The lowest BCUT2D eigenvalue weighted by molar-refractivity contribution is 0.217. The lowest BCUT2D eigenvalue weighted by Crippen LogP contribution is -2.31. The summed E-state index contributed by atoms with van der Waals surface area (Å²) < 4.78 is 7.43. The van der Waals surface area contributed by atoms with Gasteiger partial charge in [-0.2, -0.15) is 0 Å². The molecule has 102 valence electrons. The molecule has 0 unspecified atom stereocenters. The van der Waals surface area contributed by atoms with E-state index >= 15 is 0 Å². The summed E-state index contributed by atoms with van der Waals surface area (Å²) in [5, 5.41) is 0. The van der Waals surface area contributed by atoms with Crippen molar-refractivity contribution in [2.75, 3.05) is 27.2 Å². The molecule has 0 N–H and O–H groups in total. The van der Waals surface area contributed by atoms with Crippen LogP contribution in [0.15, 0.2) is 24.5 Å². The van der Waals surface area contributed by atoms with Gasteiger partial charge in [0.1, 0.15) is 11.6 Å². The molecular formula is C15H21N3O. The van der Waals surface area contributed by atoms with Crippen molar-refractivity contribution in [3.05, 3.63) is 30.4 Å². The number of imidazole rings is 1. The van der Waals surface area contributed by atoms with E-state index in [-0.39, 0.29) is 0 Å². The van der Waals surface area contributed by atoms with Gasteiger partial charge in [-0.1, -0.05) is 0 Å². The van der Waals surface area contributed by atoms with Crippen LogP contribution in [0.1, 0.15) is 18.7 Å². The van der Waals surface area contributed by atoms with Gasteiger partial charge in [-0.3, -0.25) is 0 Å². The van der Waals surface area contributed by atoms with E-state index in [9.17, 15) is 0 Å². The van der Waals surface area contributed by atoms with Gasteiger partial charge in [-0.25, -0.2) is 4.98 Å². The van der Waals surface area contributed by atoms with E-state index in [0.29, 0.717) is 0 Å². The third-order valence-electron chi connectivity index (χ3n) is 4.13. The summed E-state index contributed by atoms with van der Waals surface area (Å²) in [5.74, 6) is 2.83. The molecule has 0 radical (unpaired) electrons. The second kappa shape index (κ2) is 5.21. The van der Waals surface area contributed by atoms with Gasteiger partial charge >= 0.3 is 0 Å². The molecule has 1 fully saturated rings. The van der Waals surface area contributed by atoms with Gasteiger partial charge in [0.2, 0.25) is 0 Å². The van der Waals surface area contributed by atoms with Crippen molar-refractivity contribution in [1.29, 1.82) is 0 Å². The number of hydrogen-bond acceptors (Lipinski definition) is 3. The van der Waals surface area contributed by atoms with E-state index in [1.54, 1.807) is 7.11 Å². The maximum Gasteiger partial charge on any atom is 0.122 e. The molecule has 0 aliphatic carbocycles. The number of aromatic nitrogens is 2. The highest BCUT2D eigenvalue weighted by Gasteiger charge is 2.18. The molecule has 1 aliphatic heterocycles. The maximum atomic E-state index is 5.25. The summed E-state index contributed by atoms with van der Waals surface area (Å²) >= 11 is 0. The molecular weight excluding hydrogens is 238 g/mol. The normalized spacial score (nSPS) is 18.0. The summed E-state index contributed by atoms with van der Waals surface area (Å²) in [4.78, 5) is 6.99. The summed E-state index contributed by atoms with van der Waals surface area (Å²) in [5.41, 5.74) is 1.11. The molecule has 0 saturated carbocycles. The van der Waals surface area contributed by atoms with Gasteiger partial charge in [0, 0.05) is 18.7 Å². The molecule has 2 aromatic heterocycles. The molecule has 0 amide bonds. The van der Waals surface area contributed by atoms with Crippen LogP contribution in [-0.4, -0.2) is 41.5 Å². The zero-order valence-electron chi connectivity index (χ0n) is 11.7. The fraction of sp³-hybridized carbons (Fsp3) is 0.533. The fourth-order valence-electron chi connectivity index (χ4n) is 2.84. The van der Waals surface area contributed by atoms with Crippen LogP contribution in [0.25, 0.3) is 5.52 Å². The van der Waals surface area contributed by atoms with Gasteiger partial charge in [0.15, 0.2) is 0 Å². The Bertz CT molecular complexity index is 556. The van der Waals surface area contributed by atoms with Crippen LogP contribution in [-0.2, 0) is 6.42 Å². The lowest BCUT2D eigenvalue weighted by atomic mass is 9.93. The highest BCUT2D eigenvalue weighted by atomic mass is 16.5. The molecule has 3 rings (SSSR count). The summed E-state index contributed by atoms with van der Waals surface area (Å²) in [6.07, 6.45) is 7.63. The first-order valence-corrected chi connectivity index (χ1v) is 6.95. The lowest BCUT2D eigenvalue weighted by Gasteiger charge is -2.28. The van der Waals surface area contributed by atoms with Crippen molar-refractivity contribution in [1.82, 2.24) is 14.3 Å². The van der Waals surface area contributed by atoms with Crippen LogP contribution in [0.4, 0.5) is 0 Å². The van der Waals surface area contributed by atoms with Crippen molar-refractivity contribution in [3.8, 4) is 5.75 Å². The number of nitrogens with zero attached hydrogens (tertiary/aromatic N) is 3. The predicted molar refractivity (Wildman–Crippen MR) is 75.7 cm³/mol. The van der Waals surface area contributed by atoms with E-state index in [1.807, 2.05) is 18.3 Å². The average Bonchev–Trinajstić information content (AvgIpc) is 2.83. The zero-order valence-corrected chi connectivity index (χ0v) is 11.7. The van der Waals surface area contributed by atoms with E-state index in [0.717, 1.165) is 23.6 Å². The molecule has 3 heterocycles. The van der Waals surface area contributed by atoms with Gasteiger partial charge < -0.3 is 14.0 Å². The predicted octanol–water partition coefficient (Wildman–Crippen LogP) is 2.23. The quantitative estimate of drug-likeness (QED) is 0.846. The Morgan fingerprint density at radius 3 is 2.89 bits per heavy atom. The summed E-state index contributed by atoms with van der Waals surface area (Å²) in [6.45, 7) is 2.42. The van der Waals surface area contributed by atoms with Crippen molar-refractivity contribution < 1.29 is 4.74 Å². The monoisotopic (exact) mass is 259 g/mol. The van der Waals surface area contributed by atoms with Crippen LogP contribution in [0.5, 0.6) is 5.75 Å². The number of piperidine rings is 1. The molecule has 19 heavy (non-hydrogen) atoms. The standard InChI is InChI=1S/C15H21N3O/c1-17-6-3-12(4-7-17)9-15-16-11-13-10-14(19-2)5-8-18(13)15/h5,8,10-12H,3-4,6-7,9H2,1-2H3. The molecule has 1 saturated heterocycles. The first kappa shape index (κ1) is 12.5. The number of ether oxygens (including phenoxy) is 1. The molecule has 0 spiro atoms. The number of hydrogen-bond donors (Lipinski definition) is 0. The topological polar surface area (TPSA) is 29.8 Å². The Labute approximate surface area is 114 Å². The smallest absolute Gasteiger partial charge is 0.122 e. The number of likely N-dealkylation sites (tertiary alicyclic amines) is 1. The zero-order chi connectivity index (χ0) is 13.2. The maximum absolute atomic E-state index is 5.25. The van der Waals surface area contributed by atoms with Crippen LogP contribution >= 0.6 is 0 Å². The Hall–Kier alpha value is -1.55. The molecule has 0 atom stereocenters. The SMILES string of the molecule is COc1ccn2c(CC3CCN(C)CC3)ncc2c1. The van der Waals surface area contributed by atoms with Gasteiger partial charge in [-0.15, -0.1) is 0 Å². The van der Waals surface area contributed by atoms with E-state index in [1.165, 1.54) is 31.8 Å². The number of methoxy groups -OCH3 is 1. The Kier molecular flexibility index (Phi) is 3.42. The van der Waals surface area contributed by atoms with Gasteiger partial charge in [0.25, 0.3) is 0 Å². The van der Waals surface area contributed by atoms with Crippen LogP contribution in [0, 0.1) is 5.92 Å². The Balaban J connectivity index is 1.78. The second-order valence-electron chi connectivity index (χ2n) is 5.49. The first-order chi connectivity index (χ1) is 9.26.